The molecule has 24 heavy (non-hydrogen) atoms. The summed E-state index contributed by atoms with van der Waals surface area (Å²) in [5.74, 6) is -0.196. The van der Waals surface area contributed by atoms with Gasteiger partial charge in [0.05, 0.1) is 11.1 Å². The van der Waals surface area contributed by atoms with Gasteiger partial charge in [-0.1, -0.05) is 53.6 Å². The van der Waals surface area contributed by atoms with E-state index in [1.165, 1.54) is 23.3 Å². The van der Waals surface area contributed by atoms with Crippen LogP contribution in [0, 0.1) is 5.82 Å². The van der Waals surface area contributed by atoms with Crippen molar-refractivity contribution in [3.05, 3.63) is 76.4 Å². The van der Waals surface area contributed by atoms with Crippen molar-refractivity contribution in [1.29, 1.82) is 0 Å². The van der Waals surface area contributed by atoms with E-state index >= 15 is 0 Å². The van der Waals surface area contributed by atoms with Crippen LogP contribution in [0.3, 0.4) is 0 Å². The van der Waals surface area contributed by atoms with Gasteiger partial charge < -0.3 is 16.2 Å². The summed E-state index contributed by atoms with van der Waals surface area (Å²) in [7, 11) is 0. The molecule has 3 N–H and O–H groups in total. The van der Waals surface area contributed by atoms with Crippen LogP contribution in [0.25, 0.3) is 5.32 Å². The van der Waals surface area contributed by atoms with Crippen LogP contribution in [-0.4, -0.2) is 22.8 Å². The van der Waals surface area contributed by atoms with Gasteiger partial charge in [-0.05, 0) is 37.0 Å². The summed E-state index contributed by atoms with van der Waals surface area (Å²) >= 11 is 0. The van der Waals surface area contributed by atoms with E-state index in [1.807, 2.05) is 18.2 Å². The Labute approximate surface area is 166 Å². The Morgan fingerprint density at radius 3 is 2.25 bits per heavy atom. The number of hydrogen-bond acceptors (Lipinski definition) is 2. The summed E-state index contributed by atoms with van der Waals surface area (Å²) < 4.78 is 12.9. The molecule has 2 saturated carbocycles. The molecule has 1 atom stereocenters. The summed E-state index contributed by atoms with van der Waals surface area (Å²) in [6.45, 7) is 0.846. The standard InChI is InChI=1S/C15H13FN.C4H7NO.Y/c16-13-7-5-12(6-8-13)15-14-4-2-1-3-11(14)9-10-17-15;5-3-1-4(3,6)2-3;/h1-8,15H,9-10H2;6H,1-2,5H2;/q-1;;/t15-;;/m0../s1. The van der Waals surface area contributed by atoms with E-state index in [0.717, 1.165) is 31.4 Å². The smallest absolute Gasteiger partial charge is 0.123 e. The molecule has 0 bridgehead atoms. The molecule has 2 aromatic carbocycles. The number of benzene rings is 2. The third-order valence-electron chi connectivity index (χ3n) is 5.12. The van der Waals surface area contributed by atoms with Crippen molar-refractivity contribution in [3.8, 4) is 0 Å². The minimum atomic E-state index is -0.368. The maximum absolute atomic E-state index is 12.9. The van der Waals surface area contributed by atoms with Crippen LogP contribution in [0.2, 0.25) is 0 Å². The second-order valence-corrected chi connectivity index (χ2v) is 6.85. The van der Waals surface area contributed by atoms with Crippen molar-refractivity contribution in [3.63, 3.8) is 0 Å². The SMILES string of the molecule is Fc1ccc([C@@H]2[N-]CCc3ccccc32)cc1.NC12CC1(O)C2.[Y]. The van der Waals surface area contributed by atoms with E-state index in [2.05, 4.69) is 23.5 Å². The molecule has 0 aromatic heterocycles. The van der Waals surface area contributed by atoms with Crippen molar-refractivity contribution in [2.75, 3.05) is 6.54 Å². The first-order chi connectivity index (χ1) is 11.0. The molecular formula is C19H20FN2OY-. The summed E-state index contributed by atoms with van der Waals surface area (Å²) in [5.41, 5.74) is 8.65. The number of aliphatic hydroxyl groups is 1. The summed E-state index contributed by atoms with van der Waals surface area (Å²) in [6.07, 6.45) is 2.70. The first kappa shape index (κ1) is 18.2. The van der Waals surface area contributed by atoms with E-state index in [0.29, 0.717) is 0 Å². The van der Waals surface area contributed by atoms with Gasteiger partial charge in [-0.25, -0.2) is 4.39 Å². The number of nitrogens with two attached hydrogens (primary N) is 1. The summed E-state index contributed by atoms with van der Waals surface area (Å²) in [5, 5.41) is 13.5. The van der Waals surface area contributed by atoms with Crippen molar-refractivity contribution >= 4 is 0 Å². The fourth-order valence-corrected chi connectivity index (χ4v) is 3.27. The number of fused-ring (bicyclic) bond motifs is 2. The van der Waals surface area contributed by atoms with Gasteiger partial charge in [-0.2, -0.15) is 0 Å². The fraction of sp³-hybridized carbons (Fsp3) is 0.368. The fourth-order valence-electron chi connectivity index (χ4n) is 3.27. The number of halogens is 1. The quantitative estimate of drug-likeness (QED) is 0.773. The van der Waals surface area contributed by atoms with E-state index in [9.17, 15) is 4.39 Å². The van der Waals surface area contributed by atoms with Crippen LogP contribution < -0.4 is 5.73 Å². The van der Waals surface area contributed by atoms with Crippen LogP contribution in [0.4, 0.5) is 4.39 Å². The predicted molar refractivity (Wildman–Crippen MR) is 87.7 cm³/mol. The number of hydrogen-bond donors (Lipinski definition) is 2. The maximum Gasteiger partial charge on any atom is 0.123 e. The molecule has 0 amide bonds. The number of nitrogens with zero attached hydrogens (tertiary/aromatic N) is 1. The molecule has 2 fully saturated rings. The Hall–Kier alpha value is -0.646. The van der Waals surface area contributed by atoms with E-state index < -0.39 is 0 Å². The Morgan fingerprint density at radius 1 is 1.08 bits per heavy atom. The van der Waals surface area contributed by atoms with Crippen LogP contribution >= 0.6 is 0 Å². The summed E-state index contributed by atoms with van der Waals surface area (Å²) in [4.78, 5) is 0. The Kier molecular flexibility index (Phi) is 4.98. The van der Waals surface area contributed by atoms with Gasteiger partial charge in [0.2, 0.25) is 0 Å². The normalized spacial score (nSPS) is 31.5. The van der Waals surface area contributed by atoms with Gasteiger partial charge in [0.15, 0.2) is 0 Å². The van der Waals surface area contributed by atoms with Crippen LogP contribution in [0.5, 0.6) is 0 Å². The van der Waals surface area contributed by atoms with Gasteiger partial charge in [0.25, 0.3) is 0 Å². The zero-order chi connectivity index (χ0) is 16.1. The van der Waals surface area contributed by atoms with Crippen molar-refractivity contribution in [2.24, 2.45) is 5.73 Å². The molecule has 123 valence electrons. The average molecular weight is 400 g/mol. The van der Waals surface area contributed by atoms with Crippen LogP contribution in [0.1, 0.15) is 35.6 Å². The maximum atomic E-state index is 12.9. The topological polar surface area (TPSA) is 60.4 Å². The minimum absolute atomic E-state index is 0. The van der Waals surface area contributed by atoms with E-state index in [1.54, 1.807) is 0 Å². The molecule has 1 radical (unpaired) electrons. The monoisotopic (exact) mass is 400 g/mol. The molecule has 2 aliphatic carbocycles. The Balaban J connectivity index is 0.000000202. The molecule has 3 nitrogen and oxygen atoms in total. The molecule has 3 aliphatic rings. The van der Waals surface area contributed by atoms with Crippen LogP contribution in [-0.2, 0) is 39.1 Å². The largest absolute Gasteiger partial charge is 0.652 e. The third-order valence-corrected chi connectivity index (χ3v) is 5.12. The molecule has 0 unspecified atom stereocenters. The zero-order valence-corrected chi connectivity index (χ0v) is 16.3. The van der Waals surface area contributed by atoms with Crippen LogP contribution in [0.15, 0.2) is 48.5 Å². The molecule has 5 heteroatoms. The van der Waals surface area contributed by atoms with E-state index in [-0.39, 0.29) is 55.7 Å². The Morgan fingerprint density at radius 2 is 1.67 bits per heavy atom. The van der Waals surface area contributed by atoms with Crippen molar-refractivity contribution in [1.82, 2.24) is 0 Å². The molecule has 1 heterocycles. The number of rotatable bonds is 1. The molecule has 0 spiro atoms. The first-order valence-electron chi connectivity index (χ1n) is 8.02. The second-order valence-electron chi connectivity index (χ2n) is 6.85. The average Bonchev–Trinajstić information content (AvgIpc) is 3.29. The zero-order valence-electron chi connectivity index (χ0n) is 13.5. The van der Waals surface area contributed by atoms with Gasteiger partial charge >= 0.3 is 0 Å². The minimum Gasteiger partial charge on any atom is -0.652 e. The predicted octanol–water partition coefficient (Wildman–Crippen LogP) is 3.06. The van der Waals surface area contributed by atoms with Crippen molar-refractivity contribution in [2.45, 2.75) is 36.4 Å². The molecule has 2 aromatic rings. The van der Waals surface area contributed by atoms with Crippen molar-refractivity contribution < 1.29 is 42.2 Å². The molecule has 5 rings (SSSR count). The van der Waals surface area contributed by atoms with Gasteiger partial charge in [-0.15, -0.1) is 6.54 Å². The van der Waals surface area contributed by atoms with Gasteiger partial charge in [0, 0.05) is 32.7 Å². The second kappa shape index (κ2) is 6.58. The third kappa shape index (κ3) is 3.35. The molecule has 1 aliphatic heterocycles. The van der Waals surface area contributed by atoms with Gasteiger partial charge in [0.1, 0.15) is 5.82 Å². The molecular weight excluding hydrogens is 380 g/mol. The van der Waals surface area contributed by atoms with E-state index in [4.69, 9.17) is 10.8 Å². The molecule has 0 saturated heterocycles. The first-order valence-corrected chi connectivity index (χ1v) is 8.02. The van der Waals surface area contributed by atoms with Gasteiger partial charge in [-0.3, -0.25) is 0 Å². The summed E-state index contributed by atoms with van der Waals surface area (Å²) in [6, 6.07) is 15.1. The Bertz CT molecular complexity index is 716.